The van der Waals surface area contributed by atoms with Crippen LogP contribution in [0.4, 0.5) is 0 Å². The Morgan fingerprint density at radius 3 is 2.75 bits per heavy atom. The van der Waals surface area contributed by atoms with Crippen molar-refractivity contribution in [2.45, 2.75) is 57.6 Å². The van der Waals surface area contributed by atoms with Crippen LogP contribution in [0.2, 0.25) is 0 Å². The number of unbranched alkanes of at least 4 members (excludes halogenated alkanes) is 3. The molecule has 0 aromatic carbocycles. The van der Waals surface area contributed by atoms with Crippen LogP contribution in [0.5, 0.6) is 0 Å². The van der Waals surface area contributed by atoms with E-state index in [1.165, 1.54) is 32.1 Å². The van der Waals surface area contributed by atoms with Crippen molar-refractivity contribution in [1.82, 2.24) is 5.32 Å². The minimum atomic E-state index is -0.0822. The average molecular weight is 171 g/mol. The lowest BCUT2D eigenvalue weighted by Gasteiger charge is -2.08. The fourth-order valence-corrected chi connectivity index (χ4v) is 1.84. The lowest BCUT2D eigenvalue weighted by Crippen LogP contribution is -2.21. The SMILES string of the molecule is CCCCCCC1CC(O)CN1. The van der Waals surface area contributed by atoms with Gasteiger partial charge in [-0.1, -0.05) is 32.6 Å². The molecule has 0 radical (unpaired) electrons. The van der Waals surface area contributed by atoms with Crippen LogP contribution < -0.4 is 5.32 Å². The Balaban J connectivity index is 1.93. The minimum Gasteiger partial charge on any atom is -0.392 e. The Labute approximate surface area is 75.4 Å². The molecule has 0 bridgehead atoms. The van der Waals surface area contributed by atoms with Gasteiger partial charge in [0.1, 0.15) is 0 Å². The number of aliphatic hydroxyl groups is 1. The second-order valence-electron chi connectivity index (χ2n) is 3.84. The lowest BCUT2D eigenvalue weighted by molar-refractivity contribution is 0.192. The molecule has 12 heavy (non-hydrogen) atoms. The summed E-state index contributed by atoms with van der Waals surface area (Å²) in [4.78, 5) is 0. The van der Waals surface area contributed by atoms with Crippen molar-refractivity contribution in [2.75, 3.05) is 6.54 Å². The third kappa shape index (κ3) is 3.55. The van der Waals surface area contributed by atoms with E-state index in [2.05, 4.69) is 12.2 Å². The summed E-state index contributed by atoms with van der Waals surface area (Å²) in [5, 5.41) is 12.6. The molecule has 2 atom stereocenters. The number of rotatable bonds is 5. The standard InChI is InChI=1S/C10H21NO/c1-2-3-4-5-6-9-7-10(12)8-11-9/h9-12H,2-8H2,1H3. The fraction of sp³-hybridized carbons (Fsp3) is 1.00. The van der Waals surface area contributed by atoms with Gasteiger partial charge in [-0.05, 0) is 12.8 Å². The first-order valence-corrected chi connectivity index (χ1v) is 5.24. The molecule has 2 heteroatoms. The smallest absolute Gasteiger partial charge is 0.0679 e. The van der Waals surface area contributed by atoms with Gasteiger partial charge in [0.25, 0.3) is 0 Å². The van der Waals surface area contributed by atoms with Crippen molar-refractivity contribution in [1.29, 1.82) is 0 Å². The molecule has 0 spiro atoms. The van der Waals surface area contributed by atoms with E-state index < -0.39 is 0 Å². The van der Waals surface area contributed by atoms with Gasteiger partial charge in [-0.3, -0.25) is 0 Å². The largest absolute Gasteiger partial charge is 0.392 e. The summed E-state index contributed by atoms with van der Waals surface area (Å²) in [6.07, 6.45) is 7.46. The number of hydrogen-bond donors (Lipinski definition) is 2. The predicted molar refractivity (Wildman–Crippen MR) is 51.2 cm³/mol. The molecular weight excluding hydrogens is 150 g/mol. The highest BCUT2D eigenvalue weighted by Gasteiger charge is 2.20. The second-order valence-corrected chi connectivity index (χ2v) is 3.84. The van der Waals surface area contributed by atoms with Gasteiger partial charge in [0.05, 0.1) is 6.10 Å². The fourth-order valence-electron chi connectivity index (χ4n) is 1.84. The van der Waals surface area contributed by atoms with Gasteiger partial charge < -0.3 is 10.4 Å². The van der Waals surface area contributed by atoms with E-state index in [0.717, 1.165) is 13.0 Å². The summed E-state index contributed by atoms with van der Waals surface area (Å²) in [5.41, 5.74) is 0. The highest BCUT2D eigenvalue weighted by Crippen LogP contribution is 2.13. The molecule has 0 aromatic heterocycles. The average Bonchev–Trinajstić information content (AvgIpc) is 2.45. The van der Waals surface area contributed by atoms with Crippen LogP contribution in [0.1, 0.15) is 45.4 Å². The van der Waals surface area contributed by atoms with Crippen LogP contribution in [0, 0.1) is 0 Å². The normalized spacial score (nSPS) is 29.5. The van der Waals surface area contributed by atoms with Gasteiger partial charge in [-0.2, -0.15) is 0 Å². The zero-order chi connectivity index (χ0) is 8.81. The Morgan fingerprint density at radius 1 is 1.33 bits per heavy atom. The summed E-state index contributed by atoms with van der Waals surface area (Å²) in [5.74, 6) is 0. The second kappa shape index (κ2) is 5.55. The van der Waals surface area contributed by atoms with E-state index in [-0.39, 0.29) is 6.10 Å². The van der Waals surface area contributed by atoms with E-state index in [0.29, 0.717) is 6.04 Å². The molecule has 1 saturated heterocycles. The predicted octanol–water partition coefficient (Wildman–Crippen LogP) is 1.68. The van der Waals surface area contributed by atoms with Crippen LogP contribution in [0.3, 0.4) is 0 Å². The number of hydrogen-bond acceptors (Lipinski definition) is 2. The quantitative estimate of drug-likeness (QED) is 0.617. The van der Waals surface area contributed by atoms with Crippen molar-refractivity contribution < 1.29 is 5.11 Å². The highest BCUT2D eigenvalue weighted by molar-refractivity contribution is 4.80. The molecule has 1 aliphatic rings. The van der Waals surface area contributed by atoms with Gasteiger partial charge in [0.15, 0.2) is 0 Å². The Kier molecular flexibility index (Phi) is 4.62. The Hall–Kier alpha value is -0.0800. The van der Waals surface area contributed by atoms with Crippen molar-refractivity contribution in [3.05, 3.63) is 0 Å². The minimum absolute atomic E-state index is 0.0822. The molecule has 72 valence electrons. The molecule has 1 fully saturated rings. The molecule has 0 saturated carbocycles. The molecule has 0 aliphatic carbocycles. The molecule has 1 aliphatic heterocycles. The third-order valence-corrected chi connectivity index (χ3v) is 2.60. The molecule has 0 aromatic rings. The summed E-state index contributed by atoms with van der Waals surface area (Å²) >= 11 is 0. The van der Waals surface area contributed by atoms with E-state index in [1.807, 2.05) is 0 Å². The van der Waals surface area contributed by atoms with Gasteiger partial charge in [-0.25, -0.2) is 0 Å². The van der Waals surface area contributed by atoms with Crippen molar-refractivity contribution >= 4 is 0 Å². The number of aliphatic hydroxyl groups excluding tert-OH is 1. The summed E-state index contributed by atoms with van der Waals surface area (Å²) in [6.45, 7) is 3.04. The van der Waals surface area contributed by atoms with Crippen molar-refractivity contribution in [3.8, 4) is 0 Å². The first kappa shape index (κ1) is 10.0. The maximum absolute atomic E-state index is 9.24. The van der Waals surface area contributed by atoms with Crippen LogP contribution in [-0.4, -0.2) is 23.8 Å². The van der Waals surface area contributed by atoms with Gasteiger partial charge in [-0.15, -0.1) is 0 Å². The molecule has 2 nitrogen and oxygen atoms in total. The number of β-amino-alcohol motifs (C(OH)–C–C–N with tert-alkyl or cyclic N) is 1. The van der Waals surface area contributed by atoms with E-state index in [9.17, 15) is 5.11 Å². The third-order valence-electron chi connectivity index (χ3n) is 2.60. The van der Waals surface area contributed by atoms with E-state index in [1.54, 1.807) is 0 Å². The maximum atomic E-state index is 9.24. The Morgan fingerprint density at radius 2 is 2.17 bits per heavy atom. The zero-order valence-corrected chi connectivity index (χ0v) is 8.05. The molecule has 1 rings (SSSR count). The molecule has 1 heterocycles. The highest BCUT2D eigenvalue weighted by atomic mass is 16.3. The van der Waals surface area contributed by atoms with Crippen molar-refractivity contribution in [3.63, 3.8) is 0 Å². The molecular formula is C10H21NO. The van der Waals surface area contributed by atoms with Crippen LogP contribution in [0.25, 0.3) is 0 Å². The monoisotopic (exact) mass is 171 g/mol. The van der Waals surface area contributed by atoms with Crippen LogP contribution >= 0.6 is 0 Å². The topological polar surface area (TPSA) is 32.3 Å². The number of nitrogens with one attached hydrogen (secondary N) is 1. The molecule has 2 unspecified atom stereocenters. The lowest BCUT2D eigenvalue weighted by atomic mass is 10.1. The van der Waals surface area contributed by atoms with Crippen molar-refractivity contribution in [2.24, 2.45) is 0 Å². The van der Waals surface area contributed by atoms with Crippen LogP contribution in [0.15, 0.2) is 0 Å². The van der Waals surface area contributed by atoms with E-state index >= 15 is 0 Å². The first-order valence-electron chi connectivity index (χ1n) is 5.24. The van der Waals surface area contributed by atoms with Gasteiger partial charge >= 0.3 is 0 Å². The Bertz CT molecular complexity index is 116. The summed E-state index contributed by atoms with van der Waals surface area (Å²) in [7, 11) is 0. The van der Waals surface area contributed by atoms with E-state index in [4.69, 9.17) is 0 Å². The molecule has 2 N–H and O–H groups in total. The zero-order valence-electron chi connectivity index (χ0n) is 8.05. The van der Waals surface area contributed by atoms with Crippen LogP contribution in [-0.2, 0) is 0 Å². The molecule has 0 amide bonds. The van der Waals surface area contributed by atoms with Gasteiger partial charge in [0, 0.05) is 12.6 Å². The first-order chi connectivity index (χ1) is 5.83. The summed E-state index contributed by atoms with van der Waals surface area (Å²) < 4.78 is 0. The maximum Gasteiger partial charge on any atom is 0.0679 e. The summed E-state index contributed by atoms with van der Waals surface area (Å²) in [6, 6.07) is 0.594. The van der Waals surface area contributed by atoms with Gasteiger partial charge in [0.2, 0.25) is 0 Å².